The molecule has 0 bridgehead atoms. The number of nitrogens with zero attached hydrogens (tertiary/aromatic N) is 3. The Kier molecular flexibility index (Phi) is 3.13. The van der Waals surface area contributed by atoms with Crippen molar-refractivity contribution in [2.75, 3.05) is 10.7 Å². The molecular formula is C12H12FN7. The van der Waals surface area contributed by atoms with E-state index in [1.807, 2.05) is 0 Å². The van der Waals surface area contributed by atoms with E-state index < -0.39 is 0 Å². The van der Waals surface area contributed by atoms with Crippen molar-refractivity contribution in [3.05, 3.63) is 41.8 Å². The van der Waals surface area contributed by atoms with Crippen molar-refractivity contribution in [3.63, 3.8) is 0 Å². The summed E-state index contributed by atoms with van der Waals surface area (Å²) in [5.41, 5.74) is 3.91. The first-order chi connectivity index (χ1) is 9.76. The standard InChI is InChI=1S/C12H12FN7/c13-8-3-1-7(2-4-8)5-15-10-9-6-16-20-11(9)18-12(17-10)19-14/h1-4,6H,5,14H2,(H3,15,16,17,18,19,20). The van der Waals surface area contributed by atoms with Crippen molar-refractivity contribution >= 4 is 22.8 Å². The Balaban J connectivity index is 1.86. The highest BCUT2D eigenvalue weighted by atomic mass is 19.1. The number of halogens is 1. The van der Waals surface area contributed by atoms with Gasteiger partial charge in [0.1, 0.15) is 11.6 Å². The molecule has 0 fully saturated rings. The summed E-state index contributed by atoms with van der Waals surface area (Å²) >= 11 is 0. The maximum atomic E-state index is 12.8. The van der Waals surface area contributed by atoms with Gasteiger partial charge in [-0.2, -0.15) is 15.1 Å². The Morgan fingerprint density at radius 3 is 2.75 bits per heavy atom. The van der Waals surface area contributed by atoms with Crippen LogP contribution in [-0.2, 0) is 6.54 Å². The molecule has 0 atom stereocenters. The summed E-state index contributed by atoms with van der Waals surface area (Å²) in [5, 5.41) is 10.6. The van der Waals surface area contributed by atoms with Gasteiger partial charge in [0, 0.05) is 6.54 Å². The molecule has 2 heterocycles. The largest absolute Gasteiger partial charge is 0.365 e. The molecule has 2 aromatic heterocycles. The molecule has 7 nitrogen and oxygen atoms in total. The summed E-state index contributed by atoms with van der Waals surface area (Å²) in [6, 6.07) is 6.24. The predicted molar refractivity (Wildman–Crippen MR) is 73.2 cm³/mol. The van der Waals surface area contributed by atoms with Crippen LogP contribution in [0.3, 0.4) is 0 Å². The first-order valence-electron chi connectivity index (χ1n) is 5.92. The maximum absolute atomic E-state index is 12.8. The number of nitrogens with one attached hydrogen (secondary N) is 3. The van der Waals surface area contributed by atoms with Gasteiger partial charge in [-0.3, -0.25) is 10.5 Å². The van der Waals surface area contributed by atoms with Crippen LogP contribution < -0.4 is 16.6 Å². The number of hydrogen-bond donors (Lipinski definition) is 4. The zero-order chi connectivity index (χ0) is 13.9. The van der Waals surface area contributed by atoms with Gasteiger partial charge >= 0.3 is 0 Å². The molecule has 8 heteroatoms. The van der Waals surface area contributed by atoms with Crippen molar-refractivity contribution in [1.82, 2.24) is 20.2 Å². The number of nitrogens with two attached hydrogens (primary N) is 1. The molecule has 20 heavy (non-hydrogen) atoms. The van der Waals surface area contributed by atoms with E-state index in [-0.39, 0.29) is 11.8 Å². The van der Waals surface area contributed by atoms with E-state index in [0.717, 1.165) is 10.9 Å². The minimum Gasteiger partial charge on any atom is -0.365 e. The lowest BCUT2D eigenvalue weighted by Gasteiger charge is -2.08. The molecule has 0 aliphatic rings. The maximum Gasteiger partial charge on any atom is 0.241 e. The van der Waals surface area contributed by atoms with Crippen molar-refractivity contribution < 1.29 is 4.39 Å². The van der Waals surface area contributed by atoms with E-state index in [9.17, 15) is 4.39 Å². The Hall–Kier alpha value is -2.74. The molecule has 1 aromatic carbocycles. The van der Waals surface area contributed by atoms with Crippen LogP contribution in [0, 0.1) is 5.82 Å². The Labute approximate surface area is 113 Å². The first-order valence-corrected chi connectivity index (χ1v) is 5.92. The van der Waals surface area contributed by atoms with Crippen molar-refractivity contribution in [3.8, 4) is 0 Å². The number of hydrogen-bond acceptors (Lipinski definition) is 6. The van der Waals surface area contributed by atoms with Gasteiger partial charge in [0.15, 0.2) is 5.65 Å². The monoisotopic (exact) mass is 273 g/mol. The number of fused-ring (bicyclic) bond motifs is 1. The van der Waals surface area contributed by atoms with Gasteiger partial charge in [-0.05, 0) is 17.7 Å². The number of nitrogen functional groups attached to an aromatic ring is 1. The predicted octanol–water partition coefficient (Wildman–Crippen LogP) is 1.39. The van der Waals surface area contributed by atoms with Crippen LogP contribution in [0.2, 0.25) is 0 Å². The minimum atomic E-state index is -0.261. The topological polar surface area (TPSA) is 105 Å². The second kappa shape index (κ2) is 5.10. The normalized spacial score (nSPS) is 10.7. The van der Waals surface area contributed by atoms with Gasteiger partial charge in [-0.25, -0.2) is 10.2 Å². The van der Waals surface area contributed by atoms with Gasteiger partial charge in [0.05, 0.1) is 11.6 Å². The number of H-pyrrole nitrogens is 1. The van der Waals surface area contributed by atoms with Crippen LogP contribution in [0.25, 0.3) is 11.0 Å². The van der Waals surface area contributed by atoms with Crippen molar-refractivity contribution in [2.45, 2.75) is 6.54 Å². The van der Waals surface area contributed by atoms with Gasteiger partial charge < -0.3 is 5.32 Å². The van der Waals surface area contributed by atoms with Gasteiger partial charge in [0.25, 0.3) is 0 Å². The molecule has 0 spiro atoms. The summed E-state index contributed by atoms with van der Waals surface area (Å²) in [6.45, 7) is 0.502. The third kappa shape index (κ3) is 2.36. The van der Waals surface area contributed by atoms with E-state index in [1.165, 1.54) is 12.1 Å². The van der Waals surface area contributed by atoms with Gasteiger partial charge in [0.2, 0.25) is 5.95 Å². The van der Waals surface area contributed by atoms with E-state index >= 15 is 0 Å². The smallest absolute Gasteiger partial charge is 0.241 e. The highest BCUT2D eigenvalue weighted by Gasteiger charge is 2.08. The van der Waals surface area contributed by atoms with Crippen LogP contribution in [-0.4, -0.2) is 20.2 Å². The SMILES string of the molecule is NNc1nc(NCc2ccc(F)cc2)c2cn[nH]c2n1. The molecule has 3 rings (SSSR count). The Morgan fingerprint density at radius 2 is 2.00 bits per heavy atom. The third-order valence-corrected chi connectivity index (χ3v) is 2.81. The number of anilines is 2. The van der Waals surface area contributed by atoms with Crippen LogP contribution in [0.1, 0.15) is 5.56 Å². The van der Waals surface area contributed by atoms with Crippen LogP contribution >= 0.6 is 0 Å². The van der Waals surface area contributed by atoms with Gasteiger partial charge in [-0.1, -0.05) is 12.1 Å². The van der Waals surface area contributed by atoms with Crippen LogP contribution in [0.4, 0.5) is 16.2 Å². The number of benzene rings is 1. The lowest BCUT2D eigenvalue weighted by Crippen LogP contribution is -2.12. The Morgan fingerprint density at radius 1 is 1.20 bits per heavy atom. The molecule has 0 aliphatic carbocycles. The zero-order valence-electron chi connectivity index (χ0n) is 10.4. The zero-order valence-corrected chi connectivity index (χ0v) is 10.4. The van der Waals surface area contributed by atoms with E-state index in [1.54, 1.807) is 18.3 Å². The molecule has 0 saturated carbocycles. The summed E-state index contributed by atoms with van der Waals surface area (Å²) in [5.74, 6) is 5.94. The summed E-state index contributed by atoms with van der Waals surface area (Å²) in [6.07, 6.45) is 1.63. The molecule has 3 aromatic rings. The van der Waals surface area contributed by atoms with Crippen molar-refractivity contribution in [1.29, 1.82) is 0 Å². The number of aromatic amines is 1. The lowest BCUT2D eigenvalue weighted by atomic mass is 10.2. The summed E-state index contributed by atoms with van der Waals surface area (Å²) in [7, 11) is 0. The molecule has 0 radical (unpaired) electrons. The number of aromatic nitrogens is 4. The fourth-order valence-corrected chi connectivity index (χ4v) is 1.82. The van der Waals surface area contributed by atoms with Crippen molar-refractivity contribution in [2.24, 2.45) is 5.84 Å². The molecular weight excluding hydrogens is 261 g/mol. The average molecular weight is 273 g/mol. The fourth-order valence-electron chi connectivity index (χ4n) is 1.82. The molecule has 0 amide bonds. The van der Waals surface area contributed by atoms with Gasteiger partial charge in [-0.15, -0.1) is 0 Å². The molecule has 0 saturated heterocycles. The molecule has 0 unspecified atom stereocenters. The number of rotatable bonds is 4. The summed E-state index contributed by atoms with van der Waals surface area (Å²) < 4.78 is 12.8. The fraction of sp³-hybridized carbons (Fsp3) is 0.0833. The van der Waals surface area contributed by atoms with E-state index in [4.69, 9.17) is 5.84 Å². The minimum absolute atomic E-state index is 0.261. The highest BCUT2D eigenvalue weighted by Crippen LogP contribution is 2.20. The molecule has 5 N–H and O–H groups in total. The number of hydrazine groups is 1. The second-order valence-electron chi connectivity index (χ2n) is 4.15. The van der Waals surface area contributed by atoms with Crippen LogP contribution in [0.15, 0.2) is 30.5 Å². The van der Waals surface area contributed by atoms with E-state index in [2.05, 4.69) is 30.9 Å². The highest BCUT2D eigenvalue weighted by molar-refractivity contribution is 5.86. The van der Waals surface area contributed by atoms with E-state index in [0.29, 0.717) is 18.0 Å². The molecule has 0 aliphatic heterocycles. The second-order valence-corrected chi connectivity index (χ2v) is 4.15. The summed E-state index contributed by atoms with van der Waals surface area (Å²) in [4.78, 5) is 8.36. The van der Waals surface area contributed by atoms with Crippen LogP contribution in [0.5, 0.6) is 0 Å². The molecule has 102 valence electrons. The third-order valence-electron chi connectivity index (χ3n) is 2.81. The lowest BCUT2D eigenvalue weighted by molar-refractivity contribution is 0.627. The Bertz CT molecular complexity index is 722. The first kappa shape index (κ1) is 12.3. The average Bonchev–Trinajstić information content (AvgIpc) is 2.94. The quantitative estimate of drug-likeness (QED) is 0.423.